The van der Waals surface area contributed by atoms with Crippen molar-refractivity contribution in [3.63, 3.8) is 0 Å². The molecular weight excluding hydrogens is 265 g/mol. The normalized spacial score (nSPS) is 22.3. The van der Waals surface area contributed by atoms with Gasteiger partial charge in [0.15, 0.2) is 0 Å². The highest BCUT2D eigenvalue weighted by molar-refractivity contribution is 9.09. The first-order valence-electron chi connectivity index (χ1n) is 4.77. The molecule has 0 saturated heterocycles. The van der Waals surface area contributed by atoms with Gasteiger partial charge in [0.2, 0.25) is 0 Å². The van der Waals surface area contributed by atoms with E-state index in [9.17, 15) is 9.18 Å². The molecule has 1 rings (SSSR count). The van der Waals surface area contributed by atoms with Crippen molar-refractivity contribution in [3.05, 3.63) is 11.9 Å². The van der Waals surface area contributed by atoms with Crippen molar-refractivity contribution in [1.82, 2.24) is 4.90 Å². The summed E-state index contributed by atoms with van der Waals surface area (Å²) in [7, 11) is 0. The molecule has 3 nitrogen and oxygen atoms in total. The van der Waals surface area contributed by atoms with Crippen LogP contribution in [0.5, 0.6) is 0 Å². The lowest BCUT2D eigenvalue weighted by atomic mass is 10.2. The molecule has 0 aromatic rings. The quantitative estimate of drug-likeness (QED) is 0.638. The van der Waals surface area contributed by atoms with E-state index >= 15 is 0 Å². The number of carbonyl (C=O) groups excluding carboxylic acids is 1. The molecule has 1 amide bonds. The van der Waals surface area contributed by atoms with E-state index in [-0.39, 0.29) is 12.4 Å². The zero-order valence-electron chi connectivity index (χ0n) is 9.09. The van der Waals surface area contributed by atoms with Crippen molar-refractivity contribution < 1.29 is 13.9 Å². The van der Waals surface area contributed by atoms with E-state index in [2.05, 4.69) is 15.9 Å². The lowest BCUT2D eigenvalue weighted by Gasteiger charge is -2.30. The van der Waals surface area contributed by atoms with E-state index in [1.54, 1.807) is 20.8 Å². The molecule has 5 heteroatoms. The van der Waals surface area contributed by atoms with Gasteiger partial charge in [0.05, 0.1) is 4.83 Å². The second kappa shape index (κ2) is 4.51. The molecule has 0 fully saturated rings. The topological polar surface area (TPSA) is 29.5 Å². The molecule has 0 aliphatic carbocycles. The molecule has 0 N–H and O–H groups in total. The number of ether oxygens (including phenoxy) is 1. The van der Waals surface area contributed by atoms with Gasteiger partial charge >= 0.3 is 6.09 Å². The number of halogens is 2. The van der Waals surface area contributed by atoms with Crippen molar-refractivity contribution in [2.24, 2.45) is 0 Å². The molecule has 15 heavy (non-hydrogen) atoms. The summed E-state index contributed by atoms with van der Waals surface area (Å²) in [6.07, 6.45) is 0.975. The second-order valence-electron chi connectivity index (χ2n) is 4.44. The third-order valence-corrected chi connectivity index (χ3v) is 2.57. The average Bonchev–Trinajstić information content (AvgIpc) is 2.06. The Morgan fingerprint density at radius 1 is 1.67 bits per heavy atom. The molecule has 1 aliphatic heterocycles. The highest BCUT2D eigenvalue weighted by Crippen LogP contribution is 2.21. The minimum Gasteiger partial charge on any atom is -0.444 e. The van der Waals surface area contributed by atoms with E-state index in [1.165, 1.54) is 11.0 Å². The second-order valence-corrected chi connectivity index (χ2v) is 5.55. The average molecular weight is 280 g/mol. The van der Waals surface area contributed by atoms with Gasteiger partial charge in [-0.3, -0.25) is 0 Å². The Kier molecular flexibility index (Phi) is 3.76. The Balaban J connectivity index is 2.57. The predicted octanol–water partition coefficient (Wildman–Crippen LogP) is 2.85. The summed E-state index contributed by atoms with van der Waals surface area (Å²) >= 11 is 3.15. The molecule has 0 spiro atoms. The Hall–Kier alpha value is -0.580. The van der Waals surface area contributed by atoms with Crippen LogP contribution in [0.1, 0.15) is 20.8 Å². The van der Waals surface area contributed by atoms with Gasteiger partial charge in [-0.05, 0) is 26.8 Å². The van der Waals surface area contributed by atoms with Gasteiger partial charge in [-0.2, -0.15) is 0 Å². The first-order chi connectivity index (χ1) is 6.79. The molecule has 0 radical (unpaired) electrons. The summed E-state index contributed by atoms with van der Waals surface area (Å²) < 4.78 is 18.2. The first-order valence-corrected chi connectivity index (χ1v) is 5.69. The van der Waals surface area contributed by atoms with E-state index in [0.29, 0.717) is 6.54 Å². The summed E-state index contributed by atoms with van der Waals surface area (Å²) in [5.74, 6) is -0.227. The number of rotatable bonds is 0. The number of nitrogens with zero attached hydrogens (tertiary/aromatic N) is 1. The lowest BCUT2D eigenvalue weighted by Crippen LogP contribution is -2.42. The fraction of sp³-hybridized carbons (Fsp3) is 0.700. The van der Waals surface area contributed by atoms with E-state index in [1.807, 2.05) is 0 Å². The van der Waals surface area contributed by atoms with Gasteiger partial charge in [0.25, 0.3) is 0 Å². The molecule has 1 unspecified atom stereocenters. The summed E-state index contributed by atoms with van der Waals surface area (Å²) in [6, 6.07) is 0. The standard InChI is InChI=1S/C10H15BrFNO2/c1-10(2,3)15-9(14)13-5-4-8(12)7(11)6-13/h4,7H,5-6H2,1-3H3. The molecule has 1 heterocycles. The van der Waals surface area contributed by atoms with Crippen LogP contribution in [-0.4, -0.2) is 34.5 Å². The number of hydrogen-bond acceptors (Lipinski definition) is 2. The zero-order chi connectivity index (χ0) is 11.6. The van der Waals surface area contributed by atoms with Gasteiger partial charge in [-0.15, -0.1) is 0 Å². The van der Waals surface area contributed by atoms with E-state index < -0.39 is 16.5 Å². The van der Waals surface area contributed by atoms with Crippen molar-refractivity contribution in [1.29, 1.82) is 0 Å². The fourth-order valence-corrected chi connectivity index (χ4v) is 1.69. The number of alkyl halides is 1. The molecule has 0 saturated carbocycles. The highest BCUT2D eigenvalue weighted by Gasteiger charge is 2.27. The maximum absolute atomic E-state index is 13.0. The van der Waals surface area contributed by atoms with Gasteiger partial charge in [-0.1, -0.05) is 15.9 Å². The van der Waals surface area contributed by atoms with Gasteiger partial charge in [0, 0.05) is 13.1 Å². The Bertz CT molecular complexity index is 286. The van der Waals surface area contributed by atoms with Crippen LogP contribution >= 0.6 is 15.9 Å². The third-order valence-electron chi connectivity index (χ3n) is 1.84. The minimum absolute atomic E-state index is 0.227. The summed E-state index contributed by atoms with van der Waals surface area (Å²) in [5.41, 5.74) is -0.515. The fourth-order valence-electron chi connectivity index (χ4n) is 1.16. The third kappa shape index (κ3) is 3.81. The van der Waals surface area contributed by atoms with Gasteiger partial charge in [0.1, 0.15) is 11.4 Å². The summed E-state index contributed by atoms with van der Waals surface area (Å²) in [4.78, 5) is 12.6. The lowest BCUT2D eigenvalue weighted by molar-refractivity contribution is 0.0265. The van der Waals surface area contributed by atoms with Crippen LogP contribution in [-0.2, 0) is 4.74 Å². The molecule has 1 atom stereocenters. The molecule has 0 aromatic carbocycles. The smallest absolute Gasteiger partial charge is 0.410 e. The Morgan fingerprint density at radius 2 is 2.27 bits per heavy atom. The van der Waals surface area contributed by atoms with Crippen LogP contribution in [0.25, 0.3) is 0 Å². The maximum atomic E-state index is 13.0. The highest BCUT2D eigenvalue weighted by atomic mass is 79.9. The van der Waals surface area contributed by atoms with E-state index in [4.69, 9.17) is 4.74 Å². The van der Waals surface area contributed by atoms with Crippen molar-refractivity contribution in [3.8, 4) is 0 Å². The monoisotopic (exact) mass is 279 g/mol. The van der Waals surface area contributed by atoms with Crippen LogP contribution in [0.4, 0.5) is 9.18 Å². The van der Waals surface area contributed by atoms with Crippen molar-refractivity contribution >= 4 is 22.0 Å². The van der Waals surface area contributed by atoms with Crippen LogP contribution in [0.2, 0.25) is 0 Å². The minimum atomic E-state index is -0.515. The van der Waals surface area contributed by atoms with Crippen LogP contribution in [0.3, 0.4) is 0 Å². The molecular formula is C10H15BrFNO2. The van der Waals surface area contributed by atoms with Crippen molar-refractivity contribution in [2.45, 2.75) is 31.2 Å². The van der Waals surface area contributed by atoms with Crippen LogP contribution < -0.4 is 0 Å². The number of hydrogen-bond donors (Lipinski definition) is 0. The first kappa shape index (κ1) is 12.5. The number of carbonyl (C=O) groups is 1. The summed E-state index contributed by atoms with van der Waals surface area (Å²) in [5, 5.41) is 0. The van der Waals surface area contributed by atoms with Crippen molar-refractivity contribution in [2.75, 3.05) is 13.1 Å². The molecule has 1 aliphatic rings. The van der Waals surface area contributed by atoms with Crippen LogP contribution in [0, 0.1) is 0 Å². The Labute approximate surface area is 97.4 Å². The Morgan fingerprint density at radius 3 is 2.73 bits per heavy atom. The maximum Gasteiger partial charge on any atom is 0.410 e. The predicted molar refractivity (Wildman–Crippen MR) is 59.7 cm³/mol. The summed E-state index contributed by atoms with van der Waals surface area (Å²) in [6.45, 7) is 5.98. The zero-order valence-corrected chi connectivity index (χ0v) is 10.7. The van der Waals surface area contributed by atoms with Crippen LogP contribution in [0.15, 0.2) is 11.9 Å². The number of amides is 1. The van der Waals surface area contributed by atoms with E-state index in [0.717, 1.165) is 0 Å². The largest absolute Gasteiger partial charge is 0.444 e. The van der Waals surface area contributed by atoms with Gasteiger partial charge < -0.3 is 9.64 Å². The van der Waals surface area contributed by atoms with Gasteiger partial charge in [-0.25, -0.2) is 9.18 Å². The molecule has 86 valence electrons. The molecule has 0 bridgehead atoms. The SMILES string of the molecule is CC(C)(C)OC(=O)N1CC=C(F)C(Br)C1. The molecule has 0 aromatic heterocycles.